The van der Waals surface area contributed by atoms with E-state index in [1.807, 2.05) is 26.0 Å². The van der Waals surface area contributed by atoms with Crippen LogP contribution in [0.25, 0.3) is 0 Å². The van der Waals surface area contributed by atoms with Crippen LogP contribution in [0.15, 0.2) is 18.2 Å². The number of benzene rings is 1. The molecule has 2 aromatic rings. The number of nitrogens with two attached hydrogens (primary N) is 1. The van der Waals surface area contributed by atoms with Crippen LogP contribution < -0.4 is 11.1 Å². The maximum atomic E-state index is 12.3. The quantitative estimate of drug-likeness (QED) is 0.759. The molecule has 0 spiro atoms. The van der Waals surface area contributed by atoms with E-state index in [1.54, 1.807) is 6.07 Å². The fourth-order valence-corrected chi connectivity index (χ4v) is 2.84. The number of hydrogen-bond acceptors (Lipinski definition) is 3. The third kappa shape index (κ3) is 5.49. The lowest BCUT2D eigenvalue weighted by Gasteiger charge is -2.10. The fourth-order valence-electron chi connectivity index (χ4n) is 2.84. The molecule has 1 aromatic carbocycles. The minimum atomic E-state index is -0.000824. The molecule has 0 unspecified atom stereocenters. The molecule has 1 amide bonds. The van der Waals surface area contributed by atoms with E-state index in [0.717, 1.165) is 29.2 Å². The molecule has 3 N–H and O–H groups in total. The second-order valence-electron chi connectivity index (χ2n) is 6.85. The van der Waals surface area contributed by atoms with Crippen LogP contribution in [0.2, 0.25) is 0 Å². The monoisotopic (exact) mass is 364 g/mol. The second-order valence-corrected chi connectivity index (χ2v) is 6.85. The zero-order valence-corrected chi connectivity index (χ0v) is 16.5. The van der Waals surface area contributed by atoms with Gasteiger partial charge in [0.25, 0.3) is 0 Å². The number of halogens is 1. The Morgan fingerprint density at radius 1 is 1.28 bits per heavy atom. The molecule has 1 aromatic heterocycles. The smallest absolute Gasteiger partial charge is 0.224 e. The van der Waals surface area contributed by atoms with Crippen molar-refractivity contribution >= 4 is 29.7 Å². The molecule has 2 rings (SSSR count). The molecule has 0 saturated heterocycles. The molecule has 0 bridgehead atoms. The summed E-state index contributed by atoms with van der Waals surface area (Å²) in [5.74, 6) is 0.546. The number of amides is 1. The third-order valence-corrected chi connectivity index (χ3v) is 4.21. The molecule has 0 aliphatic carbocycles. The molecule has 5 nitrogen and oxygen atoms in total. The summed E-state index contributed by atoms with van der Waals surface area (Å²) in [6.45, 7) is 11.3. The van der Waals surface area contributed by atoms with Crippen LogP contribution in [0.1, 0.15) is 42.8 Å². The number of nitrogens with zero attached hydrogens (tertiary/aromatic N) is 2. The Morgan fingerprint density at radius 3 is 2.60 bits per heavy atom. The molecule has 0 radical (unpaired) electrons. The van der Waals surface area contributed by atoms with Crippen molar-refractivity contribution in [3.05, 3.63) is 40.7 Å². The number of carbonyl (C=O) groups excluding carboxylic acids is 1. The average molecular weight is 365 g/mol. The summed E-state index contributed by atoms with van der Waals surface area (Å²) in [7, 11) is 0. The van der Waals surface area contributed by atoms with Gasteiger partial charge in [-0.25, -0.2) is 0 Å². The molecule has 0 saturated carbocycles. The lowest BCUT2D eigenvalue weighted by molar-refractivity contribution is -0.116. The minimum Gasteiger partial charge on any atom is -0.399 e. The summed E-state index contributed by atoms with van der Waals surface area (Å²) < 4.78 is 2.05. The predicted molar refractivity (Wildman–Crippen MR) is 106 cm³/mol. The largest absolute Gasteiger partial charge is 0.399 e. The van der Waals surface area contributed by atoms with Gasteiger partial charge in [-0.05, 0) is 56.4 Å². The van der Waals surface area contributed by atoms with Crippen molar-refractivity contribution in [2.75, 3.05) is 11.1 Å². The summed E-state index contributed by atoms with van der Waals surface area (Å²) in [5.41, 5.74) is 11.6. The SMILES string of the molecule is Cc1ccc(N)cc1NC(=O)CCc1c(C)nn(CC(C)C)c1C.Cl. The van der Waals surface area contributed by atoms with E-state index in [9.17, 15) is 4.79 Å². The van der Waals surface area contributed by atoms with Crippen molar-refractivity contribution in [1.29, 1.82) is 0 Å². The van der Waals surface area contributed by atoms with E-state index in [-0.39, 0.29) is 18.3 Å². The van der Waals surface area contributed by atoms with Crippen molar-refractivity contribution < 1.29 is 4.79 Å². The van der Waals surface area contributed by atoms with Gasteiger partial charge in [-0.1, -0.05) is 19.9 Å². The Morgan fingerprint density at radius 2 is 1.96 bits per heavy atom. The van der Waals surface area contributed by atoms with Gasteiger partial charge in [-0.15, -0.1) is 12.4 Å². The highest BCUT2D eigenvalue weighted by molar-refractivity contribution is 5.92. The zero-order valence-electron chi connectivity index (χ0n) is 15.7. The molecule has 0 fully saturated rings. The maximum absolute atomic E-state index is 12.3. The lowest BCUT2D eigenvalue weighted by atomic mass is 10.1. The molecule has 0 aliphatic heterocycles. The normalized spacial score (nSPS) is 10.6. The van der Waals surface area contributed by atoms with Crippen LogP contribution >= 0.6 is 12.4 Å². The number of carbonyl (C=O) groups is 1. The van der Waals surface area contributed by atoms with Gasteiger partial charge >= 0.3 is 0 Å². The first-order valence-electron chi connectivity index (χ1n) is 8.46. The zero-order chi connectivity index (χ0) is 17.9. The Balaban J connectivity index is 0.00000312. The van der Waals surface area contributed by atoms with E-state index in [1.165, 1.54) is 5.56 Å². The van der Waals surface area contributed by atoms with Gasteiger partial charge in [-0.2, -0.15) is 5.10 Å². The highest BCUT2D eigenvalue weighted by atomic mass is 35.5. The van der Waals surface area contributed by atoms with Gasteiger partial charge in [0.1, 0.15) is 0 Å². The Kier molecular flexibility index (Phi) is 7.49. The van der Waals surface area contributed by atoms with Gasteiger partial charge in [-0.3, -0.25) is 9.48 Å². The molecule has 138 valence electrons. The molecule has 6 heteroatoms. The van der Waals surface area contributed by atoms with Crippen LogP contribution in [0, 0.1) is 26.7 Å². The second kappa shape index (κ2) is 8.90. The van der Waals surface area contributed by atoms with E-state index >= 15 is 0 Å². The number of hydrogen-bond donors (Lipinski definition) is 2. The summed E-state index contributed by atoms with van der Waals surface area (Å²) >= 11 is 0. The average Bonchev–Trinajstić information content (AvgIpc) is 2.74. The van der Waals surface area contributed by atoms with Gasteiger partial charge in [0.2, 0.25) is 5.91 Å². The van der Waals surface area contributed by atoms with Crippen molar-refractivity contribution in [1.82, 2.24) is 9.78 Å². The van der Waals surface area contributed by atoms with Crippen LogP contribution in [-0.4, -0.2) is 15.7 Å². The van der Waals surface area contributed by atoms with E-state index < -0.39 is 0 Å². The minimum absolute atomic E-state index is 0. The Hall–Kier alpha value is -2.01. The van der Waals surface area contributed by atoms with Gasteiger partial charge < -0.3 is 11.1 Å². The Labute approximate surface area is 156 Å². The van der Waals surface area contributed by atoms with Gasteiger partial charge in [0.15, 0.2) is 0 Å². The molecule has 1 heterocycles. The van der Waals surface area contributed by atoms with Crippen LogP contribution in [0.3, 0.4) is 0 Å². The fraction of sp³-hybridized carbons (Fsp3) is 0.474. The number of nitrogens with one attached hydrogen (secondary N) is 1. The van der Waals surface area contributed by atoms with Crippen molar-refractivity contribution in [3.8, 4) is 0 Å². The maximum Gasteiger partial charge on any atom is 0.224 e. The van der Waals surface area contributed by atoms with E-state index in [0.29, 0.717) is 24.4 Å². The summed E-state index contributed by atoms with van der Waals surface area (Å²) in [6, 6.07) is 5.54. The lowest BCUT2D eigenvalue weighted by Crippen LogP contribution is -2.14. The first-order chi connectivity index (χ1) is 11.3. The van der Waals surface area contributed by atoms with Crippen LogP contribution in [0.5, 0.6) is 0 Å². The first-order valence-corrected chi connectivity index (χ1v) is 8.46. The summed E-state index contributed by atoms with van der Waals surface area (Å²) in [5, 5.41) is 7.56. The molecule has 0 atom stereocenters. The topological polar surface area (TPSA) is 72.9 Å². The molecule has 0 aliphatic rings. The number of anilines is 2. The highest BCUT2D eigenvalue weighted by Crippen LogP contribution is 2.20. The van der Waals surface area contributed by atoms with Crippen LogP contribution in [0.4, 0.5) is 11.4 Å². The van der Waals surface area contributed by atoms with Crippen LogP contribution in [-0.2, 0) is 17.8 Å². The summed E-state index contributed by atoms with van der Waals surface area (Å²) in [4.78, 5) is 12.3. The van der Waals surface area contributed by atoms with Crippen molar-refractivity contribution in [2.24, 2.45) is 5.92 Å². The number of nitrogen functional groups attached to an aromatic ring is 1. The Bertz CT molecular complexity index is 737. The predicted octanol–water partition coefficient (Wildman–Crippen LogP) is 4.04. The highest BCUT2D eigenvalue weighted by Gasteiger charge is 2.14. The number of aryl methyl sites for hydroxylation is 2. The van der Waals surface area contributed by atoms with Gasteiger partial charge in [0, 0.05) is 30.0 Å². The van der Waals surface area contributed by atoms with Crippen molar-refractivity contribution in [2.45, 2.75) is 54.0 Å². The van der Waals surface area contributed by atoms with E-state index in [2.05, 4.69) is 35.9 Å². The summed E-state index contributed by atoms with van der Waals surface area (Å²) in [6.07, 6.45) is 1.13. The first kappa shape index (κ1) is 21.0. The third-order valence-electron chi connectivity index (χ3n) is 4.21. The standard InChI is InChI=1S/C19H28N4O.ClH/c1-12(2)11-23-15(5)17(14(4)22-23)8-9-19(24)21-18-10-16(20)7-6-13(18)3;/h6-7,10,12H,8-9,11,20H2,1-5H3,(H,21,24);1H. The van der Waals surface area contributed by atoms with E-state index in [4.69, 9.17) is 5.73 Å². The van der Waals surface area contributed by atoms with Gasteiger partial charge in [0.05, 0.1) is 5.69 Å². The number of rotatable bonds is 6. The molecule has 25 heavy (non-hydrogen) atoms. The van der Waals surface area contributed by atoms with Crippen molar-refractivity contribution in [3.63, 3.8) is 0 Å². The molecular formula is C19H29ClN4O. The molecular weight excluding hydrogens is 336 g/mol. The number of aromatic nitrogens is 2.